The molecule has 5 rings (SSSR count). The molecule has 6 heteroatoms. The number of benzene rings is 2. The number of rotatable bonds is 4. The van der Waals surface area contributed by atoms with E-state index < -0.39 is 0 Å². The first kappa shape index (κ1) is 22.7. The SMILES string of the molecule is CC1CC(=Cc2ccc(Cl)cc2)C2=NN(C(=O)C=Cc3ccco3)C(c3ccc(Cl)cc3)C2C1. The molecule has 2 aromatic carbocycles. The van der Waals surface area contributed by atoms with Gasteiger partial charge in [0, 0.05) is 22.0 Å². The summed E-state index contributed by atoms with van der Waals surface area (Å²) < 4.78 is 5.35. The fraction of sp³-hybridized carbons (Fsp3) is 0.214. The van der Waals surface area contributed by atoms with Gasteiger partial charge in [0.2, 0.25) is 0 Å². The zero-order chi connectivity index (χ0) is 23.7. The van der Waals surface area contributed by atoms with Crippen molar-refractivity contribution in [3.05, 3.63) is 106 Å². The third-order valence-corrected chi connectivity index (χ3v) is 6.85. The maximum Gasteiger partial charge on any atom is 0.267 e. The standard InChI is InChI=1S/C28H24Cl2N2O2/c1-18-15-21(17-19-4-8-22(29)9-5-19)27-25(16-18)28(20-6-10-23(30)11-7-20)32(31-27)26(33)13-12-24-3-2-14-34-24/h2-14,17-18,25,28H,15-16H2,1H3. The van der Waals surface area contributed by atoms with E-state index in [1.807, 2.05) is 54.6 Å². The van der Waals surface area contributed by atoms with Crippen molar-refractivity contribution in [2.45, 2.75) is 25.8 Å². The van der Waals surface area contributed by atoms with E-state index in [0.717, 1.165) is 35.3 Å². The molecule has 1 aliphatic carbocycles. The molecule has 0 bridgehead atoms. The van der Waals surface area contributed by atoms with E-state index in [9.17, 15) is 4.79 Å². The van der Waals surface area contributed by atoms with Gasteiger partial charge in [-0.2, -0.15) is 5.10 Å². The fourth-order valence-corrected chi connectivity index (χ4v) is 5.09. The Balaban J connectivity index is 1.54. The first-order valence-electron chi connectivity index (χ1n) is 11.3. The maximum absolute atomic E-state index is 13.3. The minimum absolute atomic E-state index is 0.101. The van der Waals surface area contributed by atoms with Gasteiger partial charge in [0.25, 0.3) is 5.91 Å². The summed E-state index contributed by atoms with van der Waals surface area (Å²) in [5.74, 6) is 1.00. The predicted octanol–water partition coefficient (Wildman–Crippen LogP) is 7.67. The molecule has 34 heavy (non-hydrogen) atoms. The molecule has 3 unspecified atom stereocenters. The largest absolute Gasteiger partial charge is 0.465 e. The van der Waals surface area contributed by atoms with E-state index in [0.29, 0.717) is 21.7 Å². The van der Waals surface area contributed by atoms with Gasteiger partial charge in [0.1, 0.15) is 5.76 Å². The lowest BCUT2D eigenvalue weighted by molar-refractivity contribution is -0.128. The monoisotopic (exact) mass is 490 g/mol. The first-order chi connectivity index (χ1) is 16.5. The van der Waals surface area contributed by atoms with E-state index >= 15 is 0 Å². The van der Waals surface area contributed by atoms with Gasteiger partial charge in [0.05, 0.1) is 18.0 Å². The van der Waals surface area contributed by atoms with Crippen molar-refractivity contribution < 1.29 is 9.21 Å². The molecule has 0 saturated heterocycles. The highest BCUT2D eigenvalue weighted by Gasteiger charge is 2.44. The van der Waals surface area contributed by atoms with Crippen LogP contribution in [0.15, 0.2) is 88.1 Å². The summed E-state index contributed by atoms with van der Waals surface area (Å²) in [6, 6.07) is 18.9. The van der Waals surface area contributed by atoms with Crippen LogP contribution in [0.1, 0.15) is 42.7 Å². The summed E-state index contributed by atoms with van der Waals surface area (Å²) in [6.45, 7) is 2.26. The Morgan fingerprint density at radius 1 is 1.06 bits per heavy atom. The molecular weight excluding hydrogens is 467 g/mol. The second kappa shape index (κ2) is 9.65. The van der Waals surface area contributed by atoms with E-state index in [-0.39, 0.29) is 17.9 Å². The van der Waals surface area contributed by atoms with Crippen molar-refractivity contribution in [1.29, 1.82) is 0 Å². The summed E-state index contributed by atoms with van der Waals surface area (Å²) in [5.41, 5.74) is 4.23. The average Bonchev–Trinajstić information content (AvgIpc) is 3.48. The third-order valence-electron chi connectivity index (χ3n) is 6.35. The summed E-state index contributed by atoms with van der Waals surface area (Å²) in [4.78, 5) is 13.3. The molecule has 0 spiro atoms. The first-order valence-corrected chi connectivity index (χ1v) is 12.1. The fourth-order valence-electron chi connectivity index (χ4n) is 4.84. The summed E-state index contributed by atoms with van der Waals surface area (Å²) >= 11 is 12.2. The lowest BCUT2D eigenvalue weighted by Crippen LogP contribution is -2.32. The molecule has 1 aromatic heterocycles. The summed E-state index contributed by atoms with van der Waals surface area (Å²) in [5, 5.41) is 7.90. The number of allylic oxidation sites excluding steroid dienone is 1. The van der Waals surface area contributed by atoms with Gasteiger partial charge in [0.15, 0.2) is 0 Å². The molecule has 2 aliphatic rings. The van der Waals surface area contributed by atoms with E-state index in [4.69, 9.17) is 32.7 Å². The Morgan fingerprint density at radius 3 is 2.44 bits per heavy atom. The van der Waals surface area contributed by atoms with Crippen molar-refractivity contribution >= 4 is 47.0 Å². The molecule has 1 saturated carbocycles. The van der Waals surface area contributed by atoms with Crippen LogP contribution in [0, 0.1) is 11.8 Å². The van der Waals surface area contributed by atoms with Crippen LogP contribution in [-0.4, -0.2) is 16.6 Å². The number of fused-ring (bicyclic) bond motifs is 1. The highest BCUT2D eigenvalue weighted by molar-refractivity contribution is 6.30. The van der Waals surface area contributed by atoms with Crippen LogP contribution in [0.2, 0.25) is 10.0 Å². The van der Waals surface area contributed by atoms with Crippen LogP contribution >= 0.6 is 23.2 Å². The van der Waals surface area contributed by atoms with Crippen molar-refractivity contribution in [1.82, 2.24) is 5.01 Å². The van der Waals surface area contributed by atoms with Gasteiger partial charge in [-0.05, 0) is 84.0 Å². The molecule has 172 valence electrons. The van der Waals surface area contributed by atoms with Crippen LogP contribution in [-0.2, 0) is 4.79 Å². The number of halogens is 2. The lowest BCUT2D eigenvalue weighted by Gasteiger charge is -2.32. The number of furan rings is 1. The van der Waals surface area contributed by atoms with E-state index in [1.54, 1.807) is 23.4 Å². The van der Waals surface area contributed by atoms with Crippen LogP contribution in [0.4, 0.5) is 0 Å². The Labute approximate surface area is 209 Å². The van der Waals surface area contributed by atoms with Gasteiger partial charge in [-0.15, -0.1) is 0 Å². The van der Waals surface area contributed by atoms with Crippen LogP contribution < -0.4 is 0 Å². The zero-order valence-electron chi connectivity index (χ0n) is 18.7. The molecule has 3 aromatic rings. The number of carbonyl (C=O) groups excluding carboxylic acids is 1. The van der Waals surface area contributed by atoms with Crippen molar-refractivity contribution in [2.24, 2.45) is 16.9 Å². The highest BCUT2D eigenvalue weighted by atomic mass is 35.5. The third kappa shape index (κ3) is 4.75. The Bertz CT molecular complexity index is 1260. The number of hydrogen-bond acceptors (Lipinski definition) is 3. The minimum Gasteiger partial charge on any atom is -0.465 e. The van der Waals surface area contributed by atoms with E-state index in [2.05, 4.69) is 13.0 Å². The van der Waals surface area contributed by atoms with Crippen molar-refractivity contribution in [3.8, 4) is 0 Å². The molecule has 0 N–H and O–H groups in total. The number of carbonyl (C=O) groups is 1. The summed E-state index contributed by atoms with van der Waals surface area (Å²) in [7, 11) is 0. The second-order valence-corrected chi connectivity index (χ2v) is 9.76. The number of amides is 1. The van der Waals surface area contributed by atoms with Gasteiger partial charge < -0.3 is 4.42 Å². The molecule has 2 heterocycles. The van der Waals surface area contributed by atoms with Gasteiger partial charge in [-0.1, -0.05) is 54.4 Å². The lowest BCUT2D eigenvalue weighted by atomic mass is 9.73. The normalized spacial score (nSPS) is 23.4. The summed E-state index contributed by atoms with van der Waals surface area (Å²) in [6.07, 6.45) is 8.82. The molecule has 1 amide bonds. The molecule has 3 atom stereocenters. The minimum atomic E-state index is -0.197. The van der Waals surface area contributed by atoms with Gasteiger partial charge in [-0.25, -0.2) is 5.01 Å². The number of nitrogens with zero attached hydrogens (tertiary/aromatic N) is 2. The Morgan fingerprint density at radius 2 is 1.76 bits per heavy atom. The molecule has 1 fully saturated rings. The van der Waals surface area contributed by atoms with Crippen molar-refractivity contribution in [2.75, 3.05) is 0 Å². The molecule has 4 nitrogen and oxygen atoms in total. The van der Waals surface area contributed by atoms with Crippen LogP contribution in [0.25, 0.3) is 12.2 Å². The smallest absolute Gasteiger partial charge is 0.267 e. The van der Waals surface area contributed by atoms with Crippen molar-refractivity contribution in [3.63, 3.8) is 0 Å². The Kier molecular flexibility index (Phi) is 6.44. The quantitative estimate of drug-likeness (QED) is 0.352. The molecule has 1 aliphatic heterocycles. The topological polar surface area (TPSA) is 45.8 Å². The van der Waals surface area contributed by atoms with Crippen LogP contribution in [0.3, 0.4) is 0 Å². The second-order valence-electron chi connectivity index (χ2n) is 8.89. The Hall–Kier alpha value is -3.08. The van der Waals surface area contributed by atoms with Crippen LogP contribution in [0.5, 0.6) is 0 Å². The maximum atomic E-state index is 13.3. The average molecular weight is 491 g/mol. The van der Waals surface area contributed by atoms with E-state index in [1.165, 1.54) is 6.08 Å². The predicted molar refractivity (Wildman–Crippen MR) is 138 cm³/mol. The molecular formula is C28H24Cl2N2O2. The molecule has 0 radical (unpaired) electrons. The number of hydrazone groups is 1. The number of hydrogen-bond donors (Lipinski definition) is 0. The van der Waals surface area contributed by atoms with Gasteiger partial charge >= 0.3 is 0 Å². The zero-order valence-corrected chi connectivity index (χ0v) is 20.2. The van der Waals surface area contributed by atoms with Gasteiger partial charge in [-0.3, -0.25) is 4.79 Å². The highest BCUT2D eigenvalue weighted by Crippen LogP contribution is 2.46.